The minimum absolute atomic E-state index is 0.309. The van der Waals surface area contributed by atoms with Crippen molar-refractivity contribution in [2.75, 3.05) is 0 Å². The molecular weight excluding hydrogens is 252 g/mol. The first-order valence-corrected chi connectivity index (χ1v) is 7.18. The van der Waals surface area contributed by atoms with E-state index in [4.69, 9.17) is 9.15 Å². The van der Waals surface area contributed by atoms with Crippen LogP contribution in [0.2, 0.25) is 0 Å². The second kappa shape index (κ2) is 5.67. The summed E-state index contributed by atoms with van der Waals surface area (Å²) in [4.78, 5) is 4.32. The number of nitrogens with one attached hydrogen (secondary N) is 1. The summed E-state index contributed by atoms with van der Waals surface area (Å²) in [5, 5.41) is 3.29. The number of oxazole rings is 1. The van der Waals surface area contributed by atoms with Gasteiger partial charge in [-0.1, -0.05) is 19.9 Å². The third-order valence-corrected chi connectivity index (χ3v) is 3.50. The van der Waals surface area contributed by atoms with Crippen LogP contribution >= 0.6 is 0 Å². The second-order valence-corrected chi connectivity index (χ2v) is 5.53. The second-order valence-electron chi connectivity index (χ2n) is 5.53. The Hall–Kier alpha value is -1.81. The zero-order valence-corrected chi connectivity index (χ0v) is 12.0. The average molecular weight is 272 g/mol. The highest BCUT2D eigenvalue weighted by Crippen LogP contribution is 2.28. The van der Waals surface area contributed by atoms with E-state index in [1.54, 1.807) is 6.26 Å². The van der Waals surface area contributed by atoms with Crippen molar-refractivity contribution in [3.8, 4) is 11.8 Å². The molecule has 1 aromatic heterocycles. The van der Waals surface area contributed by atoms with E-state index in [9.17, 15) is 0 Å². The Kier molecular flexibility index (Phi) is 3.74. The molecule has 1 aliphatic carbocycles. The molecule has 1 aliphatic rings. The zero-order valence-electron chi connectivity index (χ0n) is 12.0. The molecule has 1 aromatic carbocycles. The van der Waals surface area contributed by atoms with Gasteiger partial charge in [-0.05, 0) is 42.5 Å². The van der Waals surface area contributed by atoms with Crippen LogP contribution in [-0.2, 0) is 19.4 Å². The van der Waals surface area contributed by atoms with Crippen LogP contribution in [0, 0.1) is 0 Å². The molecule has 20 heavy (non-hydrogen) atoms. The van der Waals surface area contributed by atoms with E-state index in [-0.39, 0.29) is 0 Å². The number of ether oxygens (including phenoxy) is 1. The van der Waals surface area contributed by atoms with Gasteiger partial charge in [0.25, 0.3) is 0 Å². The van der Waals surface area contributed by atoms with Gasteiger partial charge in [0.05, 0.1) is 5.69 Å². The van der Waals surface area contributed by atoms with E-state index >= 15 is 0 Å². The fourth-order valence-electron chi connectivity index (χ4n) is 2.44. The van der Waals surface area contributed by atoms with Gasteiger partial charge in [0, 0.05) is 12.6 Å². The maximum atomic E-state index is 5.69. The molecule has 0 saturated carbocycles. The predicted molar refractivity (Wildman–Crippen MR) is 77.0 cm³/mol. The normalized spacial score (nSPS) is 13.8. The monoisotopic (exact) mass is 272 g/mol. The average Bonchev–Trinajstić information content (AvgIpc) is 3.04. The van der Waals surface area contributed by atoms with Gasteiger partial charge in [0.2, 0.25) is 0 Å². The molecule has 0 spiro atoms. The molecule has 3 rings (SSSR count). The largest absolute Gasteiger partial charge is 0.417 e. The van der Waals surface area contributed by atoms with Gasteiger partial charge in [0.15, 0.2) is 0 Å². The molecule has 106 valence electrons. The highest BCUT2D eigenvalue weighted by Gasteiger charge is 2.13. The molecule has 1 N–H and O–H groups in total. The maximum Gasteiger partial charge on any atom is 0.399 e. The Labute approximate surface area is 119 Å². The minimum atomic E-state index is 0.309. The predicted octanol–water partition coefficient (Wildman–Crippen LogP) is 3.45. The van der Waals surface area contributed by atoms with Gasteiger partial charge < -0.3 is 14.5 Å². The van der Waals surface area contributed by atoms with Crippen molar-refractivity contribution in [3.05, 3.63) is 41.3 Å². The van der Waals surface area contributed by atoms with E-state index in [0.29, 0.717) is 18.7 Å². The fraction of sp³-hybridized carbons (Fsp3) is 0.438. The van der Waals surface area contributed by atoms with Crippen LogP contribution in [0.15, 0.2) is 28.9 Å². The molecule has 0 fully saturated rings. The van der Waals surface area contributed by atoms with Gasteiger partial charge in [-0.15, -0.1) is 0 Å². The van der Waals surface area contributed by atoms with Gasteiger partial charge in [-0.25, -0.2) is 0 Å². The van der Waals surface area contributed by atoms with E-state index in [1.807, 2.05) is 6.07 Å². The molecule has 0 atom stereocenters. The summed E-state index contributed by atoms with van der Waals surface area (Å²) in [6.45, 7) is 4.89. The Balaban J connectivity index is 1.65. The van der Waals surface area contributed by atoms with E-state index in [2.05, 4.69) is 36.3 Å². The number of aromatic nitrogens is 1. The Bertz CT molecular complexity index is 590. The molecular formula is C16H20N2O2. The molecule has 2 aromatic rings. The highest BCUT2D eigenvalue weighted by molar-refractivity contribution is 5.39. The van der Waals surface area contributed by atoms with Gasteiger partial charge in [0.1, 0.15) is 12.0 Å². The van der Waals surface area contributed by atoms with E-state index in [0.717, 1.165) is 17.9 Å². The van der Waals surface area contributed by atoms with Crippen molar-refractivity contribution in [3.63, 3.8) is 0 Å². The number of aryl methyl sites for hydroxylation is 2. The standard InChI is InChI=1S/C16H20N2O2/c1-11(2)17-9-14-10-19-16(18-14)20-15-7-6-12-4-3-5-13(12)8-15/h6-8,10-11,17H,3-5,9H2,1-2H3. The molecule has 1 heterocycles. The lowest BCUT2D eigenvalue weighted by atomic mass is 10.1. The quantitative estimate of drug-likeness (QED) is 0.905. The number of rotatable bonds is 5. The molecule has 0 unspecified atom stereocenters. The van der Waals surface area contributed by atoms with Crippen molar-refractivity contribution in [2.45, 2.75) is 45.7 Å². The molecule has 0 radical (unpaired) electrons. The topological polar surface area (TPSA) is 47.3 Å². The molecule has 4 nitrogen and oxygen atoms in total. The molecule has 4 heteroatoms. The van der Waals surface area contributed by atoms with Crippen molar-refractivity contribution in [1.29, 1.82) is 0 Å². The fourth-order valence-corrected chi connectivity index (χ4v) is 2.44. The van der Waals surface area contributed by atoms with Crippen LogP contribution in [0.25, 0.3) is 0 Å². The lowest BCUT2D eigenvalue weighted by Crippen LogP contribution is -2.21. The summed E-state index contributed by atoms with van der Waals surface area (Å²) in [7, 11) is 0. The van der Waals surface area contributed by atoms with Crippen molar-refractivity contribution >= 4 is 0 Å². The SMILES string of the molecule is CC(C)NCc1coc(Oc2ccc3c(c2)CCC3)n1. The van der Waals surface area contributed by atoms with Gasteiger partial charge in [-0.3, -0.25) is 0 Å². The molecule has 0 aliphatic heterocycles. The van der Waals surface area contributed by atoms with Gasteiger partial charge >= 0.3 is 6.08 Å². The molecule has 0 amide bonds. The number of hydrogen-bond donors (Lipinski definition) is 1. The van der Waals surface area contributed by atoms with Crippen molar-refractivity contribution < 1.29 is 9.15 Å². The molecule has 0 saturated heterocycles. The zero-order chi connectivity index (χ0) is 13.9. The van der Waals surface area contributed by atoms with Crippen LogP contribution in [0.1, 0.15) is 37.1 Å². The first kappa shape index (κ1) is 13.2. The van der Waals surface area contributed by atoms with Crippen LogP contribution < -0.4 is 10.1 Å². The Morgan fingerprint density at radius 1 is 1.30 bits per heavy atom. The van der Waals surface area contributed by atoms with Crippen LogP contribution in [0.4, 0.5) is 0 Å². The van der Waals surface area contributed by atoms with Crippen molar-refractivity contribution in [1.82, 2.24) is 10.3 Å². The van der Waals surface area contributed by atoms with E-state index in [1.165, 1.54) is 24.0 Å². The summed E-state index contributed by atoms with van der Waals surface area (Å²) >= 11 is 0. The van der Waals surface area contributed by atoms with Gasteiger partial charge in [-0.2, -0.15) is 4.98 Å². The number of fused-ring (bicyclic) bond motifs is 1. The minimum Gasteiger partial charge on any atom is -0.417 e. The first-order chi connectivity index (χ1) is 9.70. The number of benzene rings is 1. The summed E-state index contributed by atoms with van der Waals surface area (Å²) in [6, 6.07) is 6.65. The molecule has 0 bridgehead atoms. The van der Waals surface area contributed by atoms with Crippen molar-refractivity contribution in [2.24, 2.45) is 0 Å². The lowest BCUT2D eigenvalue weighted by molar-refractivity contribution is 0.330. The summed E-state index contributed by atoms with van der Waals surface area (Å²) in [5.74, 6) is 0.802. The smallest absolute Gasteiger partial charge is 0.399 e. The first-order valence-electron chi connectivity index (χ1n) is 7.18. The number of hydrogen-bond acceptors (Lipinski definition) is 4. The van der Waals surface area contributed by atoms with E-state index < -0.39 is 0 Å². The summed E-state index contributed by atoms with van der Waals surface area (Å²) in [5.41, 5.74) is 3.68. The highest BCUT2D eigenvalue weighted by atomic mass is 16.6. The third-order valence-electron chi connectivity index (χ3n) is 3.50. The third kappa shape index (κ3) is 3.02. The van der Waals surface area contributed by atoms with Crippen LogP contribution in [0.5, 0.6) is 11.8 Å². The summed E-state index contributed by atoms with van der Waals surface area (Å²) in [6.07, 6.45) is 5.51. The lowest BCUT2D eigenvalue weighted by Gasteiger charge is -2.04. The Morgan fingerprint density at radius 2 is 2.15 bits per heavy atom. The maximum absolute atomic E-state index is 5.69. The van der Waals surface area contributed by atoms with Crippen LogP contribution in [0.3, 0.4) is 0 Å². The number of nitrogens with zero attached hydrogens (tertiary/aromatic N) is 1. The Morgan fingerprint density at radius 3 is 3.00 bits per heavy atom. The summed E-state index contributed by atoms with van der Waals surface area (Å²) < 4.78 is 11.0. The van der Waals surface area contributed by atoms with Crippen LogP contribution in [-0.4, -0.2) is 11.0 Å².